The lowest BCUT2D eigenvalue weighted by Crippen LogP contribution is -2.41. The Bertz CT molecular complexity index is 1020. The first kappa shape index (κ1) is 18.6. The van der Waals surface area contributed by atoms with E-state index in [-0.39, 0.29) is 6.04 Å². The SMILES string of the molecule is COc1ccccc1-c1cccc(N2CCN([C@@H]3CCN(C#N)C3)S2(=O)=O)c1. The van der Waals surface area contributed by atoms with E-state index in [9.17, 15) is 8.42 Å². The van der Waals surface area contributed by atoms with Crippen LogP contribution in [0.2, 0.25) is 0 Å². The summed E-state index contributed by atoms with van der Waals surface area (Å²) in [6, 6.07) is 15.0. The van der Waals surface area contributed by atoms with Gasteiger partial charge in [0.05, 0.1) is 12.8 Å². The summed E-state index contributed by atoms with van der Waals surface area (Å²) in [4.78, 5) is 1.62. The molecule has 2 heterocycles. The number of rotatable bonds is 4. The molecule has 2 aliphatic heterocycles. The summed E-state index contributed by atoms with van der Waals surface area (Å²) in [5, 5.41) is 9.06. The maximum absolute atomic E-state index is 13.2. The molecular formula is C20H22N4O3S. The second-order valence-corrected chi connectivity index (χ2v) is 8.74. The molecule has 0 N–H and O–H groups in total. The van der Waals surface area contributed by atoms with Gasteiger partial charge in [-0.3, -0.25) is 4.31 Å². The summed E-state index contributed by atoms with van der Waals surface area (Å²) >= 11 is 0. The van der Waals surface area contributed by atoms with Crippen molar-refractivity contribution in [1.82, 2.24) is 9.21 Å². The van der Waals surface area contributed by atoms with Crippen molar-refractivity contribution in [3.05, 3.63) is 48.5 Å². The first-order valence-electron chi connectivity index (χ1n) is 9.22. The molecule has 8 heteroatoms. The minimum atomic E-state index is -3.61. The fraction of sp³-hybridized carbons (Fsp3) is 0.350. The highest BCUT2D eigenvalue weighted by atomic mass is 32.2. The molecule has 0 unspecified atom stereocenters. The summed E-state index contributed by atoms with van der Waals surface area (Å²) in [5.41, 5.74) is 2.46. The molecule has 0 amide bonds. The molecule has 0 radical (unpaired) electrons. The lowest BCUT2D eigenvalue weighted by Gasteiger charge is -2.24. The third-order valence-electron chi connectivity index (χ3n) is 5.36. The molecule has 2 aromatic carbocycles. The van der Waals surface area contributed by atoms with E-state index in [0.29, 0.717) is 38.3 Å². The smallest absolute Gasteiger partial charge is 0.304 e. The van der Waals surface area contributed by atoms with Gasteiger partial charge >= 0.3 is 10.2 Å². The molecule has 2 fully saturated rings. The van der Waals surface area contributed by atoms with Gasteiger partial charge in [0.25, 0.3) is 0 Å². The second kappa shape index (κ2) is 7.34. The average molecular weight is 398 g/mol. The van der Waals surface area contributed by atoms with Gasteiger partial charge in [0.2, 0.25) is 0 Å². The van der Waals surface area contributed by atoms with E-state index < -0.39 is 10.2 Å². The molecule has 0 bridgehead atoms. The zero-order chi connectivity index (χ0) is 19.7. The molecule has 28 heavy (non-hydrogen) atoms. The molecule has 2 aliphatic rings. The van der Waals surface area contributed by atoms with Crippen LogP contribution in [0.5, 0.6) is 5.75 Å². The largest absolute Gasteiger partial charge is 0.496 e. The average Bonchev–Trinajstić information content (AvgIpc) is 3.31. The van der Waals surface area contributed by atoms with Crippen LogP contribution in [-0.4, -0.2) is 57.0 Å². The van der Waals surface area contributed by atoms with Gasteiger partial charge in [0, 0.05) is 37.8 Å². The van der Waals surface area contributed by atoms with Gasteiger partial charge in [0.1, 0.15) is 5.75 Å². The first-order chi connectivity index (χ1) is 13.5. The van der Waals surface area contributed by atoms with Crippen molar-refractivity contribution in [3.63, 3.8) is 0 Å². The van der Waals surface area contributed by atoms with Gasteiger partial charge in [-0.25, -0.2) is 0 Å². The Morgan fingerprint density at radius 2 is 1.93 bits per heavy atom. The third-order valence-corrected chi connectivity index (χ3v) is 7.39. The molecule has 7 nitrogen and oxygen atoms in total. The highest BCUT2D eigenvalue weighted by Gasteiger charge is 2.43. The summed E-state index contributed by atoms with van der Waals surface area (Å²) in [5.74, 6) is 0.744. The molecule has 1 atom stereocenters. The Kier molecular flexibility index (Phi) is 4.87. The van der Waals surface area contributed by atoms with E-state index in [2.05, 4.69) is 6.19 Å². The molecule has 2 aromatic rings. The fourth-order valence-electron chi connectivity index (χ4n) is 3.96. The molecule has 0 aliphatic carbocycles. The van der Waals surface area contributed by atoms with Crippen LogP contribution in [0, 0.1) is 11.5 Å². The van der Waals surface area contributed by atoms with E-state index in [0.717, 1.165) is 16.9 Å². The Morgan fingerprint density at radius 1 is 1.11 bits per heavy atom. The van der Waals surface area contributed by atoms with Gasteiger partial charge in [-0.15, -0.1) is 0 Å². The standard InChI is InChI=1S/C20H22N4O3S/c1-27-20-8-3-2-7-19(20)16-5-4-6-17(13-16)23-11-12-24(28(23,25)26)18-9-10-22(14-18)15-21/h2-8,13,18H,9-12,14H2,1H3/t18-/m1/s1. The zero-order valence-electron chi connectivity index (χ0n) is 15.7. The second-order valence-electron chi connectivity index (χ2n) is 6.93. The number of hydrogen-bond acceptors (Lipinski definition) is 5. The highest BCUT2D eigenvalue weighted by molar-refractivity contribution is 7.90. The van der Waals surface area contributed by atoms with Crippen molar-refractivity contribution in [3.8, 4) is 23.1 Å². The van der Waals surface area contributed by atoms with E-state index in [4.69, 9.17) is 10.00 Å². The van der Waals surface area contributed by atoms with Crippen LogP contribution in [0.4, 0.5) is 5.69 Å². The maximum atomic E-state index is 13.2. The van der Waals surface area contributed by atoms with Crippen molar-refractivity contribution >= 4 is 15.9 Å². The van der Waals surface area contributed by atoms with Gasteiger partial charge in [-0.05, 0) is 30.2 Å². The Balaban J connectivity index is 1.63. The summed E-state index contributed by atoms with van der Waals surface area (Å²) in [6.07, 6.45) is 2.79. The lowest BCUT2D eigenvalue weighted by molar-refractivity contribution is 0.345. The van der Waals surface area contributed by atoms with Crippen LogP contribution in [-0.2, 0) is 10.2 Å². The van der Waals surface area contributed by atoms with Gasteiger partial charge < -0.3 is 9.64 Å². The number of likely N-dealkylation sites (tertiary alicyclic amines) is 1. The molecule has 4 rings (SSSR count). The lowest BCUT2D eigenvalue weighted by atomic mass is 10.0. The van der Waals surface area contributed by atoms with E-state index in [1.54, 1.807) is 16.3 Å². The summed E-state index contributed by atoms with van der Waals surface area (Å²) in [6.45, 7) is 1.91. The van der Waals surface area contributed by atoms with E-state index in [1.165, 1.54) is 4.31 Å². The summed E-state index contributed by atoms with van der Waals surface area (Å²) < 4.78 is 34.8. The molecular weight excluding hydrogens is 376 g/mol. The topological polar surface area (TPSA) is 76.9 Å². The van der Waals surface area contributed by atoms with E-state index >= 15 is 0 Å². The normalized spacial score (nSPS) is 21.6. The Morgan fingerprint density at radius 3 is 2.68 bits per heavy atom. The minimum Gasteiger partial charge on any atom is -0.496 e. The van der Waals surface area contributed by atoms with Crippen LogP contribution in [0.3, 0.4) is 0 Å². The van der Waals surface area contributed by atoms with Crippen molar-refractivity contribution < 1.29 is 13.2 Å². The predicted molar refractivity (Wildman–Crippen MR) is 107 cm³/mol. The number of anilines is 1. The van der Waals surface area contributed by atoms with Crippen molar-refractivity contribution in [2.45, 2.75) is 12.5 Å². The maximum Gasteiger partial charge on any atom is 0.304 e. The van der Waals surface area contributed by atoms with Gasteiger partial charge in [-0.2, -0.15) is 18.0 Å². The monoisotopic (exact) mass is 398 g/mol. The number of para-hydroxylation sites is 1. The minimum absolute atomic E-state index is 0.146. The quantitative estimate of drug-likeness (QED) is 0.739. The number of methoxy groups -OCH3 is 1. The van der Waals surface area contributed by atoms with Crippen LogP contribution < -0.4 is 9.04 Å². The molecule has 146 valence electrons. The fourth-order valence-corrected chi connectivity index (χ4v) is 5.77. The molecule has 2 saturated heterocycles. The zero-order valence-corrected chi connectivity index (χ0v) is 16.5. The molecule has 0 saturated carbocycles. The number of nitriles is 1. The first-order valence-corrected chi connectivity index (χ1v) is 10.6. The van der Waals surface area contributed by atoms with Gasteiger partial charge in [-0.1, -0.05) is 30.3 Å². The molecule has 0 aromatic heterocycles. The number of benzene rings is 2. The number of ether oxygens (including phenoxy) is 1. The predicted octanol–water partition coefficient (Wildman–Crippen LogP) is 2.28. The van der Waals surface area contributed by atoms with Gasteiger partial charge in [0.15, 0.2) is 6.19 Å². The van der Waals surface area contributed by atoms with Crippen LogP contribution in [0.15, 0.2) is 48.5 Å². The third kappa shape index (κ3) is 3.17. The van der Waals surface area contributed by atoms with Crippen LogP contribution >= 0.6 is 0 Å². The van der Waals surface area contributed by atoms with Crippen molar-refractivity contribution in [2.24, 2.45) is 0 Å². The number of nitrogens with zero attached hydrogens (tertiary/aromatic N) is 4. The summed E-state index contributed by atoms with van der Waals surface area (Å²) in [7, 11) is -1.99. The van der Waals surface area contributed by atoms with Crippen molar-refractivity contribution in [1.29, 1.82) is 5.26 Å². The van der Waals surface area contributed by atoms with E-state index in [1.807, 2.05) is 48.5 Å². The van der Waals surface area contributed by atoms with Crippen LogP contribution in [0.25, 0.3) is 11.1 Å². The Labute approximate surface area is 165 Å². The Hall–Kier alpha value is -2.76. The highest BCUT2D eigenvalue weighted by Crippen LogP contribution is 2.35. The number of hydrogen-bond donors (Lipinski definition) is 0. The van der Waals surface area contributed by atoms with Crippen LogP contribution in [0.1, 0.15) is 6.42 Å². The molecule has 0 spiro atoms. The van der Waals surface area contributed by atoms with Crippen molar-refractivity contribution in [2.75, 3.05) is 37.6 Å².